The molecule has 2 unspecified atom stereocenters. The van der Waals surface area contributed by atoms with E-state index in [1.807, 2.05) is 6.92 Å². The Morgan fingerprint density at radius 2 is 2.48 bits per heavy atom. The van der Waals surface area contributed by atoms with Gasteiger partial charge < -0.3 is 25.0 Å². The largest absolute Gasteiger partial charge is 0.480 e. The number of carboxylic acid groups (broad SMARTS) is 1. The van der Waals surface area contributed by atoms with E-state index in [0.29, 0.717) is 25.4 Å². The summed E-state index contributed by atoms with van der Waals surface area (Å²) >= 11 is 0. The second kappa shape index (κ2) is 7.07. The topological polar surface area (TPSA) is 108 Å². The van der Waals surface area contributed by atoms with Crippen LogP contribution in [0, 0.1) is 0 Å². The zero-order chi connectivity index (χ0) is 15.2. The number of imidazole rings is 1. The molecule has 2 heterocycles. The highest BCUT2D eigenvalue weighted by Crippen LogP contribution is 2.07. The molecule has 0 spiro atoms. The van der Waals surface area contributed by atoms with Crippen LogP contribution in [-0.4, -0.2) is 63.8 Å². The maximum atomic E-state index is 12.2. The molecule has 0 saturated carbocycles. The van der Waals surface area contributed by atoms with Gasteiger partial charge in [-0.05, 0) is 13.3 Å². The van der Waals surface area contributed by atoms with Crippen molar-refractivity contribution in [1.29, 1.82) is 0 Å². The Morgan fingerprint density at radius 1 is 1.67 bits per heavy atom. The zero-order valence-corrected chi connectivity index (χ0v) is 11.9. The summed E-state index contributed by atoms with van der Waals surface area (Å²) in [5.41, 5.74) is 0.662. The lowest BCUT2D eigenvalue weighted by molar-refractivity contribution is -0.139. The van der Waals surface area contributed by atoms with Gasteiger partial charge in [0, 0.05) is 38.0 Å². The van der Waals surface area contributed by atoms with Crippen molar-refractivity contribution in [3.05, 3.63) is 18.2 Å². The minimum absolute atomic E-state index is 0.0471. The summed E-state index contributed by atoms with van der Waals surface area (Å²) in [4.78, 5) is 31.8. The molecule has 1 aliphatic rings. The molecule has 0 bridgehead atoms. The molecule has 1 saturated heterocycles. The first-order chi connectivity index (χ1) is 10.1. The van der Waals surface area contributed by atoms with E-state index in [1.165, 1.54) is 6.33 Å². The molecule has 0 aliphatic carbocycles. The number of nitrogens with zero attached hydrogens (tertiary/aromatic N) is 2. The third kappa shape index (κ3) is 4.45. The summed E-state index contributed by atoms with van der Waals surface area (Å²) in [7, 11) is 0. The molecule has 1 fully saturated rings. The van der Waals surface area contributed by atoms with Crippen molar-refractivity contribution in [2.75, 3.05) is 19.7 Å². The Kier molecular flexibility index (Phi) is 5.15. The molecule has 3 N–H and O–H groups in total. The highest BCUT2D eigenvalue weighted by atomic mass is 16.5. The Balaban J connectivity index is 1.95. The normalized spacial score (nSPS) is 20.6. The van der Waals surface area contributed by atoms with Crippen molar-refractivity contribution in [2.24, 2.45) is 0 Å². The van der Waals surface area contributed by atoms with Crippen LogP contribution in [0.4, 0.5) is 4.79 Å². The maximum Gasteiger partial charge on any atom is 0.326 e. The van der Waals surface area contributed by atoms with Crippen molar-refractivity contribution >= 4 is 12.0 Å². The van der Waals surface area contributed by atoms with Gasteiger partial charge in [-0.15, -0.1) is 0 Å². The first-order valence-corrected chi connectivity index (χ1v) is 6.93. The van der Waals surface area contributed by atoms with E-state index in [9.17, 15) is 14.7 Å². The lowest BCUT2D eigenvalue weighted by Crippen LogP contribution is -2.50. The number of nitrogens with one attached hydrogen (secondary N) is 2. The molecule has 2 rings (SSSR count). The Bertz CT molecular complexity index is 477. The molecule has 2 amide bonds. The number of carbonyl (C=O) groups is 2. The number of urea groups is 1. The predicted octanol–water partition coefficient (Wildman–Crippen LogP) is 0.226. The van der Waals surface area contributed by atoms with Gasteiger partial charge >= 0.3 is 12.0 Å². The third-order valence-electron chi connectivity index (χ3n) is 3.31. The number of hydrogen-bond donors (Lipinski definition) is 3. The second-order valence-corrected chi connectivity index (χ2v) is 5.10. The van der Waals surface area contributed by atoms with Crippen molar-refractivity contribution < 1.29 is 19.4 Å². The molecule has 116 valence electrons. The van der Waals surface area contributed by atoms with E-state index in [4.69, 9.17) is 4.74 Å². The smallest absolute Gasteiger partial charge is 0.326 e. The molecular weight excluding hydrogens is 276 g/mol. The van der Waals surface area contributed by atoms with E-state index in [1.54, 1.807) is 11.1 Å². The summed E-state index contributed by atoms with van der Waals surface area (Å²) in [6.07, 6.45) is 3.89. The molecule has 21 heavy (non-hydrogen) atoms. The van der Waals surface area contributed by atoms with E-state index in [-0.39, 0.29) is 18.6 Å². The van der Waals surface area contributed by atoms with Crippen LogP contribution >= 0.6 is 0 Å². The number of aromatic amines is 1. The molecule has 1 aromatic heterocycles. The monoisotopic (exact) mass is 296 g/mol. The van der Waals surface area contributed by atoms with Gasteiger partial charge in [0.25, 0.3) is 0 Å². The lowest BCUT2D eigenvalue weighted by atomic mass is 10.1. The highest BCUT2D eigenvalue weighted by Gasteiger charge is 2.25. The van der Waals surface area contributed by atoms with Crippen LogP contribution in [0.2, 0.25) is 0 Å². The summed E-state index contributed by atoms with van der Waals surface area (Å²) in [5, 5.41) is 11.8. The van der Waals surface area contributed by atoms with Gasteiger partial charge in [0.15, 0.2) is 0 Å². The Morgan fingerprint density at radius 3 is 3.14 bits per heavy atom. The quantitative estimate of drug-likeness (QED) is 0.737. The van der Waals surface area contributed by atoms with Gasteiger partial charge in [-0.1, -0.05) is 0 Å². The van der Waals surface area contributed by atoms with Crippen molar-refractivity contribution in [1.82, 2.24) is 20.2 Å². The molecule has 0 aromatic carbocycles. The first-order valence-electron chi connectivity index (χ1n) is 6.93. The predicted molar refractivity (Wildman–Crippen MR) is 73.9 cm³/mol. The summed E-state index contributed by atoms with van der Waals surface area (Å²) in [6.45, 7) is 3.53. The molecule has 8 heteroatoms. The number of carbonyl (C=O) groups excluding carboxylic acids is 1. The minimum atomic E-state index is -1.07. The summed E-state index contributed by atoms with van der Waals surface area (Å²) in [6, 6.07) is -1.36. The standard InChI is InChI=1S/C13H20N4O4/c1-9-7-17(3-2-4-21-9)13(20)16-11(12(18)19)5-10-6-14-8-15-10/h6,8-9,11H,2-5,7H2,1H3,(H,14,15)(H,16,20)(H,18,19). The average Bonchev–Trinajstić information content (AvgIpc) is 2.84. The third-order valence-corrected chi connectivity index (χ3v) is 3.31. The highest BCUT2D eigenvalue weighted by molar-refractivity contribution is 5.82. The van der Waals surface area contributed by atoms with Crippen LogP contribution in [0.5, 0.6) is 0 Å². The van der Waals surface area contributed by atoms with Crippen LogP contribution < -0.4 is 5.32 Å². The molecule has 0 radical (unpaired) electrons. The van der Waals surface area contributed by atoms with Crippen LogP contribution in [0.15, 0.2) is 12.5 Å². The molecule has 1 aromatic rings. The Labute approximate surface area is 122 Å². The zero-order valence-electron chi connectivity index (χ0n) is 11.9. The van der Waals surface area contributed by atoms with Crippen LogP contribution in [-0.2, 0) is 16.0 Å². The van der Waals surface area contributed by atoms with Gasteiger partial charge in [0.1, 0.15) is 6.04 Å². The number of H-pyrrole nitrogens is 1. The fraction of sp³-hybridized carbons (Fsp3) is 0.615. The second-order valence-electron chi connectivity index (χ2n) is 5.10. The number of carboxylic acids is 1. The molecule has 1 aliphatic heterocycles. The fourth-order valence-electron chi connectivity index (χ4n) is 2.24. The van der Waals surface area contributed by atoms with Crippen LogP contribution in [0.1, 0.15) is 19.0 Å². The average molecular weight is 296 g/mol. The van der Waals surface area contributed by atoms with Crippen molar-refractivity contribution in [3.63, 3.8) is 0 Å². The van der Waals surface area contributed by atoms with E-state index >= 15 is 0 Å². The van der Waals surface area contributed by atoms with E-state index in [0.717, 1.165) is 6.42 Å². The number of aromatic nitrogens is 2. The summed E-state index contributed by atoms with van der Waals surface area (Å²) in [5.74, 6) is -1.07. The van der Waals surface area contributed by atoms with Gasteiger partial charge in [-0.3, -0.25) is 0 Å². The van der Waals surface area contributed by atoms with Gasteiger partial charge in [0.2, 0.25) is 0 Å². The van der Waals surface area contributed by atoms with E-state index < -0.39 is 12.0 Å². The first kappa shape index (κ1) is 15.3. The molecule has 8 nitrogen and oxygen atoms in total. The number of rotatable bonds is 4. The number of ether oxygens (including phenoxy) is 1. The van der Waals surface area contributed by atoms with Crippen LogP contribution in [0.25, 0.3) is 0 Å². The Hall–Kier alpha value is -2.09. The number of amides is 2. The summed E-state index contributed by atoms with van der Waals surface area (Å²) < 4.78 is 5.47. The number of aliphatic carboxylic acids is 1. The van der Waals surface area contributed by atoms with Gasteiger partial charge in [-0.25, -0.2) is 14.6 Å². The van der Waals surface area contributed by atoms with Crippen molar-refractivity contribution in [3.8, 4) is 0 Å². The molecular formula is C13H20N4O4. The minimum Gasteiger partial charge on any atom is -0.480 e. The van der Waals surface area contributed by atoms with E-state index in [2.05, 4.69) is 15.3 Å². The van der Waals surface area contributed by atoms with Gasteiger partial charge in [0.05, 0.1) is 12.4 Å². The number of hydrogen-bond acceptors (Lipinski definition) is 4. The van der Waals surface area contributed by atoms with Crippen molar-refractivity contribution in [2.45, 2.75) is 31.9 Å². The maximum absolute atomic E-state index is 12.2. The lowest BCUT2D eigenvalue weighted by Gasteiger charge is -2.24. The van der Waals surface area contributed by atoms with Gasteiger partial charge in [-0.2, -0.15) is 0 Å². The SMILES string of the molecule is CC1CN(C(=O)NC(Cc2cnc[nH]2)C(=O)O)CCCO1. The molecule has 2 atom stereocenters. The fourth-order valence-corrected chi connectivity index (χ4v) is 2.24. The van der Waals surface area contributed by atoms with Crippen LogP contribution in [0.3, 0.4) is 0 Å².